The smallest absolute Gasteiger partial charge is 0.406 e. The summed E-state index contributed by atoms with van der Waals surface area (Å²) in [6.07, 6.45) is -4.79. The van der Waals surface area contributed by atoms with E-state index in [1.54, 1.807) is 30.3 Å². The molecule has 0 fully saturated rings. The SMILES string of the molecule is CN(C)CCNc1nc(Nc2c(Cl)cccc2Cl)cc(-c2cccc(OC(F)(F)F)c2)n1. The van der Waals surface area contributed by atoms with Gasteiger partial charge in [0.05, 0.1) is 21.4 Å². The van der Waals surface area contributed by atoms with E-state index in [2.05, 4.69) is 25.3 Å². The van der Waals surface area contributed by atoms with Crippen molar-refractivity contribution in [2.45, 2.75) is 6.36 Å². The summed E-state index contributed by atoms with van der Waals surface area (Å²) in [6, 6.07) is 12.2. The highest BCUT2D eigenvalue weighted by atomic mass is 35.5. The van der Waals surface area contributed by atoms with Gasteiger partial charge in [0.25, 0.3) is 0 Å². The maximum atomic E-state index is 12.6. The van der Waals surface area contributed by atoms with E-state index in [-0.39, 0.29) is 11.7 Å². The van der Waals surface area contributed by atoms with Crippen molar-refractivity contribution in [3.05, 3.63) is 58.6 Å². The van der Waals surface area contributed by atoms with Crippen molar-refractivity contribution < 1.29 is 17.9 Å². The van der Waals surface area contributed by atoms with Crippen LogP contribution in [-0.4, -0.2) is 48.4 Å². The number of aromatic nitrogens is 2. The monoisotopic (exact) mass is 485 g/mol. The Labute approximate surface area is 193 Å². The zero-order valence-electron chi connectivity index (χ0n) is 17.2. The van der Waals surface area contributed by atoms with Crippen molar-refractivity contribution in [3.63, 3.8) is 0 Å². The normalized spacial score (nSPS) is 11.5. The van der Waals surface area contributed by atoms with Gasteiger partial charge in [0, 0.05) is 24.7 Å². The molecule has 11 heteroatoms. The Morgan fingerprint density at radius 3 is 2.34 bits per heavy atom. The Hall–Kier alpha value is -2.75. The Balaban J connectivity index is 1.98. The number of anilines is 3. The summed E-state index contributed by atoms with van der Waals surface area (Å²) in [4.78, 5) is 10.9. The number of benzene rings is 2. The van der Waals surface area contributed by atoms with E-state index in [0.717, 1.165) is 6.54 Å². The number of hydrogen-bond donors (Lipinski definition) is 2. The van der Waals surface area contributed by atoms with Crippen LogP contribution in [0.4, 0.5) is 30.6 Å². The molecular weight excluding hydrogens is 466 g/mol. The van der Waals surface area contributed by atoms with Gasteiger partial charge < -0.3 is 20.3 Å². The second-order valence-corrected chi connectivity index (χ2v) is 7.80. The fourth-order valence-corrected chi connectivity index (χ4v) is 3.22. The first-order chi connectivity index (χ1) is 15.1. The summed E-state index contributed by atoms with van der Waals surface area (Å²) in [5, 5.41) is 6.96. The third-order valence-corrected chi connectivity index (χ3v) is 4.78. The quantitative estimate of drug-likeness (QED) is 0.403. The van der Waals surface area contributed by atoms with Gasteiger partial charge in [-0.05, 0) is 38.4 Å². The minimum atomic E-state index is -4.79. The number of halogens is 5. The molecule has 0 aliphatic rings. The van der Waals surface area contributed by atoms with Crippen LogP contribution in [0.25, 0.3) is 11.3 Å². The van der Waals surface area contributed by atoms with E-state index in [1.807, 2.05) is 19.0 Å². The Morgan fingerprint density at radius 2 is 1.69 bits per heavy atom. The molecule has 1 heterocycles. The van der Waals surface area contributed by atoms with Crippen molar-refractivity contribution in [2.75, 3.05) is 37.8 Å². The first-order valence-corrected chi connectivity index (χ1v) is 10.2. The van der Waals surface area contributed by atoms with Crippen LogP contribution >= 0.6 is 23.2 Å². The lowest BCUT2D eigenvalue weighted by molar-refractivity contribution is -0.274. The minimum absolute atomic E-state index is 0.289. The van der Waals surface area contributed by atoms with Crippen LogP contribution in [0, 0.1) is 0 Å². The number of ether oxygens (including phenoxy) is 1. The third-order valence-electron chi connectivity index (χ3n) is 4.15. The van der Waals surface area contributed by atoms with Gasteiger partial charge in [0.2, 0.25) is 5.95 Å². The summed E-state index contributed by atoms with van der Waals surface area (Å²) >= 11 is 12.5. The molecule has 2 N–H and O–H groups in total. The van der Waals surface area contributed by atoms with Crippen LogP contribution in [-0.2, 0) is 0 Å². The molecule has 0 atom stereocenters. The van der Waals surface area contributed by atoms with Crippen molar-refractivity contribution in [1.82, 2.24) is 14.9 Å². The van der Waals surface area contributed by atoms with Crippen LogP contribution in [0.15, 0.2) is 48.5 Å². The van der Waals surface area contributed by atoms with E-state index < -0.39 is 6.36 Å². The molecule has 0 saturated carbocycles. The predicted octanol–water partition coefficient (Wildman–Crippen LogP) is 6.07. The molecule has 0 amide bonds. The Bertz CT molecular complexity index is 1060. The second kappa shape index (κ2) is 10.2. The number of likely N-dealkylation sites (N-methyl/N-ethyl adjacent to an activating group) is 1. The highest BCUT2D eigenvalue weighted by Gasteiger charge is 2.31. The van der Waals surface area contributed by atoms with Gasteiger partial charge in [-0.1, -0.05) is 41.4 Å². The molecule has 1 aromatic heterocycles. The molecule has 0 bridgehead atoms. The first-order valence-electron chi connectivity index (χ1n) is 9.45. The van der Waals surface area contributed by atoms with Crippen molar-refractivity contribution in [1.29, 1.82) is 0 Å². The average Bonchev–Trinajstić information content (AvgIpc) is 2.69. The van der Waals surface area contributed by atoms with Crippen molar-refractivity contribution in [3.8, 4) is 17.0 Å². The molecule has 170 valence electrons. The van der Waals surface area contributed by atoms with E-state index in [1.165, 1.54) is 18.2 Å². The molecule has 3 rings (SSSR count). The summed E-state index contributed by atoms with van der Waals surface area (Å²) in [7, 11) is 3.86. The molecule has 0 saturated heterocycles. The van der Waals surface area contributed by atoms with Crippen molar-refractivity contribution in [2.24, 2.45) is 0 Å². The van der Waals surface area contributed by atoms with Crippen molar-refractivity contribution >= 4 is 40.7 Å². The second-order valence-electron chi connectivity index (χ2n) is 6.99. The number of alkyl halides is 3. The first kappa shape index (κ1) is 23.9. The number of para-hydroxylation sites is 1. The standard InChI is InChI=1S/C21H20Cl2F3N5O/c1-31(2)10-9-27-20-28-17(13-5-3-6-14(11-13)32-21(24,25)26)12-18(30-20)29-19-15(22)7-4-8-16(19)23/h3-8,11-12H,9-10H2,1-2H3,(H2,27,28,29,30). The lowest BCUT2D eigenvalue weighted by atomic mass is 10.1. The van der Waals surface area contributed by atoms with Gasteiger partial charge in [0.15, 0.2) is 0 Å². The van der Waals surface area contributed by atoms with Crippen LogP contribution in [0.2, 0.25) is 10.0 Å². The summed E-state index contributed by atoms with van der Waals surface area (Å²) in [6.45, 7) is 1.28. The fourth-order valence-electron chi connectivity index (χ4n) is 2.73. The average molecular weight is 486 g/mol. The van der Waals surface area contributed by atoms with Gasteiger partial charge in [-0.25, -0.2) is 4.98 Å². The number of nitrogens with one attached hydrogen (secondary N) is 2. The molecule has 0 aliphatic heterocycles. The zero-order valence-corrected chi connectivity index (χ0v) is 18.7. The topological polar surface area (TPSA) is 62.3 Å². The highest BCUT2D eigenvalue weighted by Crippen LogP contribution is 2.34. The number of rotatable bonds is 8. The number of hydrogen-bond acceptors (Lipinski definition) is 6. The van der Waals surface area contributed by atoms with Gasteiger partial charge in [-0.15, -0.1) is 13.2 Å². The maximum absolute atomic E-state index is 12.6. The molecule has 0 aliphatic carbocycles. The Morgan fingerprint density at radius 1 is 1.00 bits per heavy atom. The largest absolute Gasteiger partial charge is 0.573 e. The third kappa shape index (κ3) is 6.88. The summed E-state index contributed by atoms with van der Waals surface area (Å²) < 4.78 is 41.9. The van der Waals surface area contributed by atoms with Gasteiger partial charge in [0.1, 0.15) is 11.6 Å². The molecular formula is C21H20Cl2F3N5O. The van der Waals surface area contributed by atoms with Gasteiger partial charge in [-0.3, -0.25) is 0 Å². The fraction of sp³-hybridized carbons (Fsp3) is 0.238. The molecule has 2 aromatic carbocycles. The molecule has 3 aromatic rings. The molecule has 0 radical (unpaired) electrons. The van der Waals surface area contributed by atoms with E-state index in [4.69, 9.17) is 23.2 Å². The Kier molecular flexibility index (Phi) is 7.65. The predicted molar refractivity (Wildman–Crippen MR) is 121 cm³/mol. The van der Waals surface area contributed by atoms with Crippen LogP contribution in [0.3, 0.4) is 0 Å². The van der Waals surface area contributed by atoms with Crippen LogP contribution in [0.1, 0.15) is 0 Å². The van der Waals surface area contributed by atoms with Gasteiger partial charge >= 0.3 is 6.36 Å². The van der Waals surface area contributed by atoms with Crippen LogP contribution in [0.5, 0.6) is 5.75 Å². The van der Waals surface area contributed by atoms with E-state index in [9.17, 15) is 13.2 Å². The molecule has 32 heavy (non-hydrogen) atoms. The molecule has 6 nitrogen and oxygen atoms in total. The van der Waals surface area contributed by atoms with Gasteiger partial charge in [-0.2, -0.15) is 4.98 Å². The molecule has 0 spiro atoms. The van der Waals surface area contributed by atoms with Crippen LogP contribution < -0.4 is 15.4 Å². The lowest BCUT2D eigenvalue weighted by Gasteiger charge is -2.15. The maximum Gasteiger partial charge on any atom is 0.573 e. The highest BCUT2D eigenvalue weighted by molar-refractivity contribution is 6.39. The minimum Gasteiger partial charge on any atom is -0.406 e. The summed E-state index contributed by atoms with van der Waals surface area (Å²) in [5.74, 6) is 0.302. The lowest BCUT2D eigenvalue weighted by Crippen LogP contribution is -2.21. The van der Waals surface area contributed by atoms with E-state index >= 15 is 0 Å². The molecule has 0 unspecified atom stereocenters. The number of nitrogens with zero attached hydrogens (tertiary/aromatic N) is 3. The summed E-state index contributed by atoms with van der Waals surface area (Å²) in [5.41, 5.74) is 1.25. The van der Waals surface area contributed by atoms with E-state index in [0.29, 0.717) is 39.4 Å². The zero-order chi connectivity index (χ0) is 23.3.